The van der Waals surface area contributed by atoms with E-state index in [2.05, 4.69) is 27.8 Å². The van der Waals surface area contributed by atoms with Crippen molar-refractivity contribution in [3.05, 3.63) is 46.7 Å². The van der Waals surface area contributed by atoms with Crippen LogP contribution in [-0.2, 0) is 11.2 Å². The Bertz CT molecular complexity index is 465. The summed E-state index contributed by atoms with van der Waals surface area (Å²) < 4.78 is 13.5. The summed E-state index contributed by atoms with van der Waals surface area (Å²) in [5.41, 5.74) is 0.915. The van der Waals surface area contributed by atoms with Crippen molar-refractivity contribution in [1.82, 2.24) is 5.32 Å². The molecule has 110 valence electrons. The van der Waals surface area contributed by atoms with E-state index in [1.54, 1.807) is 18.2 Å². The Morgan fingerprint density at radius 2 is 2.30 bits per heavy atom. The van der Waals surface area contributed by atoms with Crippen LogP contribution in [0.5, 0.6) is 0 Å². The van der Waals surface area contributed by atoms with Crippen LogP contribution in [0.3, 0.4) is 0 Å². The first-order valence-electron chi connectivity index (χ1n) is 6.49. The fourth-order valence-electron chi connectivity index (χ4n) is 1.78. The number of rotatable bonds is 8. The van der Waals surface area contributed by atoms with Gasteiger partial charge in [-0.15, -0.1) is 6.58 Å². The molecule has 0 unspecified atom stereocenters. The van der Waals surface area contributed by atoms with E-state index in [1.807, 2.05) is 0 Å². The maximum absolute atomic E-state index is 13.1. The van der Waals surface area contributed by atoms with Crippen molar-refractivity contribution in [3.8, 4) is 0 Å². The fraction of sp³-hybridized carbons (Fsp3) is 0.400. The summed E-state index contributed by atoms with van der Waals surface area (Å²) in [5, 5.41) is 12.1. The zero-order chi connectivity index (χ0) is 15.0. The average Bonchev–Trinajstić information content (AvgIpc) is 2.44. The molecule has 2 N–H and O–H groups in total. The molecule has 1 atom stereocenters. The van der Waals surface area contributed by atoms with E-state index < -0.39 is 0 Å². The summed E-state index contributed by atoms with van der Waals surface area (Å²) >= 11 is 3.13. The molecule has 0 spiro atoms. The third kappa shape index (κ3) is 5.84. The van der Waals surface area contributed by atoms with Gasteiger partial charge in [0, 0.05) is 25.5 Å². The van der Waals surface area contributed by atoms with Crippen LogP contribution < -0.4 is 5.32 Å². The lowest BCUT2D eigenvalue weighted by Gasteiger charge is -2.15. The SMILES string of the molecule is C=CCCC(=O)NC[C@@H](CO)Cc1ccc(F)c(Br)c1. The molecule has 1 aromatic rings. The van der Waals surface area contributed by atoms with Gasteiger partial charge in [0.25, 0.3) is 0 Å². The molecule has 1 amide bonds. The van der Waals surface area contributed by atoms with Gasteiger partial charge < -0.3 is 10.4 Å². The standard InChI is InChI=1S/C15H19BrFNO2/c1-2-3-4-15(20)18-9-12(10-19)7-11-5-6-14(17)13(16)8-11/h2,5-6,8,12,19H,1,3-4,7,9-10H2,(H,18,20)/t12-/m0/s1. The Kier molecular flexibility index (Phi) is 7.47. The summed E-state index contributed by atoms with van der Waals surface area (Å²) in [6.07, 6.45) is 3.32. The number of halogens is 2. The number of amides is 1. The molecule has 0 aromatic heterocycles. The molecule has 0 aliphatic carbocycles. The van der Waals surface area contributed by atoms with E-state index in [1.165, 1.54) is 6.07 Å². The van der Waals surface area contributed by atoms with Gasteiger partial charge in [-0.25, -0.2) is 4.39 Å². The Labute approximate surface area is 127 Å². The number of nitrogens with one attached hydrogen (secondary N) is 1. The Morgan fingerprint density at radius 1 is 1.55 bits per heavy atom. The van der Waals surface area contributed by atoms with Gasteiger partial charge in [-0.3, -0.25) is 4.79 Å². The summed E-state index contributed by atoms with van der Waals surface area (Å²) in [6, 6.07) is 4.76. The maximum Gasteiger partial charge on any atom is 0.220 e. The van der Waals surface area contributed by atoms with Gasteiger partial charge in [-0.1, -0.05) is 12.1 Å². The van der Waals surface area contributed by atoms with Crippen molar-refractivity contribution in [3.63, 3.8) is 0 Å². The van der Waals surface area contributed by atoms with Crippen LogP contribution in [0, 0.1) is 11.7 Å². The molecular formula is C15H19BrFNO2. The molecule has 0 bridgehead atoms. The predicted octanol–water partition coefficient (Wildman–Crippen LogP) is 2.82. The molecule has 0 heterocycles. The minimum absolute atomic E-state index is 0.0310. The Hall–Kier alpha value is -1.20. The van der Waals surface area contributed by atoms with Gasteiger partial charge in [-0.05, 0) is 46.5 Å². The highest BCUT2D eigenvalue weighted by molar-refractivity contribution is 9.10. The van der Waals surface area contributed by atoms with E-state index in [9.17, 15) is 14.3 Å². The van der Waals surface area contributed by atoms with Crippen molar-refractivity contribution in [2.45, 2.75) is 19.3 Å². The molecule has 1 rings (SSSR count). The highest BCUT2D eigenvalue weighted by Crippen LogP contribution is 2.18. The average molecular weight is 344 g/mol. The van der Waals surface area contributed by atoms with Crippen molar-refractivity contribution in [1.29, 1.82) is 0 Å². The molecule has 0 saturated heterocycles. The van der Waals surface area contributed by atoms with Crippen LogP contribution in [0.25, 0.3) is 0 Å². The number of carbonyl (C=O) groups is 1. The number of hydrogen-bond donors (Lipinski definition) is 2. The summed E-state index contributed by atoms with van der Waals surface area (Å²) in [6.45, 7) is 3.93. The second-order valence-electron chi connectivity index (χ2n) is 4.63. The minimum Gasteiger partial charge on any atom is -0.396 e. The van der Waals surface area contributed by atoms with Crippen LogP contribution in [0.1, 0.15) is 18.4 Å². The van der Waals surface area contributed by atoms with Crippen LogP contribution >= 0.6 is 15.9 Å². The molecule has 3 nitrogen and oxygen atoms in total. The Morgan fingerprint density at radius 3 is 2.90 bits per heavy atom. The summed E-state index contributed by atoms with van der Waals surface area (Å²) in [4.78, 5) is 11.5. The van der Waals surface area contributed by atoms with Crippen molar-refractivity contribution in [2.24, 2.45) is 5.92 Å². The van der Waals surface area contributed by atoms with Crippen molar-refractivity contribution >= 4 is 21.8 Å². The van der Waals surface area contributed by atoms with Crippen LogP contribution in [0.15, 0.2) is 35.3 Å². The third-order valence-corrected chi connectivity index (χ3v) is 3.54. The Balaban J connectivity index is 2.48. The van der Waals surface area contributed by atoms with Gasteiger partial charge in [-0.2, -0.15) is 0 Å². The van der Waals surface area contributed by atoms with Gasteiger partial charge in [0.1, 0.15) is 5.82 Å². The molecule has 1 aromatic carbocycles. The first-order chi connectivity index (χ1) is 9.56. The topological polar surface area (TPSA) is 49.3 Å². The van der Waals surface area contributed by atoms with Crippen molar-refractivity contribution in [2.75, 3.05) is 13.2 Å². The predicted molar refractivity (Wildman–Crippen MR) is 80.8 cm³/mol. The molecule has 0 fully saturated rings. The van der Waals surface area contributed by atoms with Gasteiger partial charge >= 0.3 is 0 Å². The highest BCUT2D eigenvalue weighted by atomic mass is 79.9. The maximum atomic E-state index is 13.1. The lowest BCUT2D eigenvalue weighted by Crippen LogP contribution is -2.31. The monoisotopic (exact) mass is 343 g/mol. The first kappa shape index (κ1) is 16.9. The molecule has 0 aliphatic heterocycles. The number of aliphatic hydroxyl groups is 1. The van der Waals surface area contributed by atoms with Gasteiger partial charge in [0.2, 0.25) is 5.91 Å². The number of benzene rings is 1. The van der Waals surface area contributed by atoms with E-state index >= 15 is 0 Å². The number of aliphatic hydroxyl groups excluding tert-OH is 1. The molecular weight excluding hydrogens is 325 g/mol. The normalized spacial score (nSPS) is 11.9. The summed E-state index contributed by atoms with van der Waals surface area (Å²) in [5.74, 6) is -0.448. The minimum atomic E-state index is -0.313. The lowest BCUT2D eigenvalue weighted by atomic mass is 10.00. The van der Waals surface area contributed by atoms with E-state index in [-0.39, 0.29) is 24.2 Å². The van der Waals surface area contributed by atoms with E-state index in [4.69, 9.17) is 0 Å². The lowest BCUT2D eigenvalue weighted by molar-refractivity contribution is -0.121. The largest absolute Gasteiger partial charge is 0.396 e. The number of hydrogen-bond acceptors (Lipinski definition) is 2. The second-order valence-corrected chi connectivity index (χ2v) is 5.49. The van der Waals surface area contributed by atoms with E-state index in [0.29, 0.717) is 30.3 Å². The fourth-order valence-corrected chi connectivity index (χ4v) is 2.21. The molecule has 20 heavy (non-hydrogen) atoms. The quantitative estimate of drug-likeness (QED) is 0.713. The molecule has 0 radical (unpaired) electrons. The van der Waals surface area contributed by atoms with Crippen LogP contribution in [0.4, 0.5) is 4.39 Å². The van der Waals surface area contributed by atoms with Crippen LogP contribution in [-0.4, -0.2) is 24.2 Å². The van der Waals surface area contributed by atoms with Gasteiger partial charge in [0.15, 0.2) is 0 Å². The van der Waals surface area contributed by atoms with E-state index in [0.717, 1.165) is 5.56 Å². The zero-order valence-corrected chi connectivity index (χ0v) is 12.8. The van der Waals surface area contributed by atoms with Gasteiger partial charge in [0.05, 0.1) is 4.47 Å². The molecule has 5 heteroatoms. The van der Waals surface area contributed by atoms with Crippen LogP contribution in [0.2, 0.25) is 0 Å². The zero-order valence-electron chi connectivity index (χ0n) is 11.2. The molecule has 0 aliphatic rings. The highest BCUT2D eigenvalue weighted by Gasteiger charge is 2.11. The smallest absolute Gasteiger partial charge is 0.220 e. The first-order valence-corrected chi connectivity index (χ1v) is 7.28. The van der Waals surface area contributed by atoms with Crippen molar-refractivity contribution < 1.29 is 14.3 Å². The molecule has 0 saturated carbocycles. The third-order valence-electron chi connectivity index (χ3n) is 2.93. The summed E-state index contributed by atoms with van der Waals surface area (Å²) in [7, 11) is 0. The number of allylic oxidation sites excluding steroid dienone is 1. The second kappa shape index (κ2) is 8.87. The number of carbonyl (C=O) groups excluding carboxylic acids is 1.